The molecule has 2 aromatic rings. The van der Waals surface area contributed by atoms with Crippen molar-refractivity contribution in [3.05, 3.63) is 70.2 Å². The van der Waals surface area contributed by atoms with Crippen LogP contribution in [0.25, 0.3) is 0 Å². The van der Waals surface area contributed by atoms with Gasteiger partial charge in [0, 0.05) is 18.1 Å². The zero-order valence-corrected chi connectivity index (χ0v) is 13.4. The smallest absolute Gasteiger partial charge is 0.241 e. The SMILES string of the molecule is O=C(NCC(O)c1ccc(Cl)cc1)C1NCCc2ccccc21. The van der Waals surface area contributed by atoms with E-state index in [0.717, 1.165) is 24.1 Å². The van der Waals surface area contributed by atoms with Crippen molar-refractivity contribution in [3.63, 3.8) is 0 Å². The van der Waals surface area contributed by atoms with Crippen LogP contribution in [0.4, 0.5) is 0 Å². The zero-order valence-electron chi connectivity index (χ0n) is 12.6. The predicted octanol–water partition coefficient (Wildman–Crippen LogP) is 2.38. The monoisotopic (exact) mass is 330 g/mol. The van der Waals surface area contributed by atoms with Gasteiger partial charge in [0.2, 0.25) is 5.91 Å². The largest absolute Gasteiger partial charge is 0.387 e. The fourth-order valence-corrected chi connectivity index (χ4v) is 2.97. The second-order valence-corrected chi connectivity index (χ2v) is 6.08. The van der Waals surface area contributed by atoms with Crippen LogP contribution in [-0.2, 0) is 11.2 Å². The molecule has 0 radical (unpaired) electrons. The average Bonchev–Trinajstić information content (AvgIpc) is 2.59. The summed E-state index contributed by atoms with van der Waals surface area (Å²) in [4.78, 5) is 12.4. The molecule has 120 valence electrons. The molecule has 1 amide bonds. The first-order chi connectivity index (χ1) is 11.1. The Balaban J connectivity index is 1.63. The molecule has 0 aliphatic carbocycles. The minimum atomic E-state index is -0.755. The molecule has 3 rings (SSSR count). The third kappa shape index (κ3) is 3.72. The first-order valence-corrected chi connectivity index (χ1v) is 8.05. The highest BCUT2D eigenvalue weighted by atomic mass is 35.5. The highest BCUT2D eigenvalue weighted by Gasteiger charge is 2.25. The normalized spacial score (nSPS) is 18.1. The second-order valence-electron chi connectivity index (χ2n) is 5.65. The lowest BCUT2D eigenvalue weighted by Gasteiger charge is -2.26. The summed E-state index contributed by atoms with van der Waals surface area (Å²) in [6.45, 7) is 0.940. The van der Waals surface area contributed by atoms with Gasteiger partial charge >= 0.3 is 0 Å². The predicted molar refractivity (Wildman–Crippen MR) is 90.3 cm³/mol. The number of aliphatic hydroxyl groups excluding tert-OH is 1. The number of hydrogen-bond acceptors (Lipinski definition) is 3. The van der Waals surface area contributed by atoms with Gasteiger partial charge in [-0.15, -0.1) is 0 Å². The number of hydrogen-bond donors (Lipinski definition) is 3. The van der Waals surface area contributed by atoms with Crippen molar-refractivity contribution in [3.8, 4) is 0 Å². The quantitative estimate of drug-likeness (QED) is 0.806. The Morgan fingerprint density at radius 1 is 1.26 bits per heavy atom. The van der Waals surface area contributed by atoms with Gasteiger partial charge in [-0.3, -0.25) is 4.79 Å². The maximum atomic E-state index is 12.4. The summed E-state index contributed by atoms with van der Waals surface area (Å²) < 4.78 is 0. The summed E-state index contributed by atoms with van der Waals surface area (Å²) in [5.74, 6) is -0.120. The molecule has 0 bridgehead atoms. The molecule has 0 fully saturated rings. The molecule has 23 heavy (non-hydrogen) atoms. The topological polar surface area (TPSA) is 61.4 Å². The minimum Gasteiger partial charge on any atom is -0.387 e. The maximum absolute atomic E-state index is 12.4. The summed E-state index contributed by atoms with van der Waals surface area (Å²) in [5.41, 5.74) is 2.94. The van der Waals surface area contributed by atoms with Crippen LogP contribution >= 0.6 is 11.6 Å². The van der Waals surface area contributed by atoms with Gasteiger partial charge in [-0.05, 0) is 35.2 Å². The van der Waals surface area contributed by atoms with Gasteiger partial charge < -0.3 is 15.7 Å². The molecule has 1 aliphatic rings. The third-order valence-electron chi connectivity index (χ3n) is 4.10. The van der Waals surface area contributed by atoms with Crippen LogP contribution in [0.3, 0.4) is 0 Å². The maximum Gasteiger partial charge on any atom is 0.241 e. The van der Waals surface area contributed by atoms with E-state index in [4.69, 9.17) is 11.6 Å². The Morgan fingerprint density at radius 3 is 2.78 bits per heavy atom. The minimum absolute atomic E-state index is 0.120. The lowest BCUT2D eigenvalue weighted by atomic mass is 9.94. The van der Waals surface area contributed by atoms with Crippen LogP contribution in [0, 0.1) is 0 Å². The number of benzene rings is 2. The number of fused-ring (bicyclic) bond motifs is 1. The molecule has 1 heterocycles. The summed E-state index contributed by atoms with van der Waals surface area (Å²) in [6, 6.07) is 14.6. The number of carbonyl (C=O) groups is 1. The van der Waals surface area contributed by atoms with E-state index >= 15 is 0 Å². The average molecular weight is 331 g/mol. The van der Waals surface area contributed by atoms with Crippen LogP contribution in [0.5, 0.6) is 0 Å². The van der Waals surface area contributed by atoms with Crippen LogP contribution in [-0.4, -0.2) is 24.1 Å². The van der Waals surface area contributed by atoms with Gasteiger partial charge in [-0.2, -0.15) is 0 Å². The standard InChI is InChI=1S/C18H19ClN2O2/c19-14-7-5-13(6-8-14)16(22)11-21-18(23)17-15-4-2-1-3-12(15)9-10-20-17/h1-8,16-17,20,22H,9-11H2,(H,21,23). The molecular weight excluding hydrogens is 312 g/mol. The van der Waals surface area contributed by atoms with Crippen LogP contribution in [0.2, 0.25) is 5.02 Å². The van der Waals surface area contributed by atoms with E-state index in [2.05, 4.69) is 16.7 Å². The molecule has 0 aromatic heterocycles. The molecule has 2 atom stereocenters. The Morgan fingerprint density at radius 2 is 2.00 bits per heavy atom. The third-order valence-corrected chi connectivity index (χ3v) is 4.35. The number of halogens is 1. The number of amides is 1. The molecule has 2 unspecified atom stereocenters. The number of nitrogens with one attached hydrogen (secondary N) is 2. The van der Waals surface area contributed by atoms with E-state index in [0.29, 0.717) is 5.02 Å². The summed E-state index contributed by atoms with van der Waals surface area (Å²) in [6.07, 6.45) is 0.169. The van der Waals surface area contributed by atoms with E-state index in [1.807, 2.05) is 18.2 Å². The molecular formula is C18H19ClN2O2. The van der Waals surface area contributed by atoms with Crippen molar-refractivity contribution in [2.24, 2.45) is 0 Å². The van der Waals surface area contributed by atoms with Gasteiger partial charge in [0.1, 0.15) is 6.04 Å². The number of carbonyl (C=O) groups excluding carboxylic acids is 1. The molecule has 0 saturated heterocycles. The van der Waals surface area contributed by atoms with E-state index in [1.54, 1.807) is 24.3 Å². The second kappa shape index (κ2) is 7.13. The Hall–Kier alpha value is -1.88. The van der Waals surface area contributed by atoms with Crippen molar-refractivity contribution in [1.82, 2.24) is 10.6 Å². The fraction of sp³-hybridized carbons (Fsp3) is 0.278. The van der Waals surface area contributed by atoms with E-state index < -0.39 is 6.10 Å². The molecule has 1 aliphatic heterocycles. The van der Waals surface area contributed by atoms with Crippen molar-refractivity contribution in [2.45, 2.75) is 18.6 Å². The lowest BCUT2D eigenvalue weighted by molar-refractivity contribution is -0.123. The highest BCUT2D eigenvalue weighted by molar-refractivity contribution is 6.30. The van der Waals surface area contributed by atoms with Crippen LogP contribution < -0.4 is 10.6 Å². The molecule has 2 aromatic carbocycles. The Bertz CT molecular complexity index is 688. The summed E-state index contributed by atoms with van der Waals surface area (Å²) in [7, 11) is 0. The van der Waals surface area contributed by atoms with Crippen molar-refractivity contribution < 1.29 is 9.90 Å². The van der Waals surface area contributed by atoms with E-state index in [9.17, 15) is 9.90 Å². The highest BCUT2D eigenvalue weighted by Crippen LogP contribution is 2.23. The molecule has 0 spiro atoms. The van der Waals surface area contributed by atoms with Gasteiger partial charge in [-0.1, -0.05) is 48.0 Å². The van der Waals surface area contributed by atoms with E-state index in [1.165, 1.54) is 5.56 Å². The number of aliphatic hydroxyl groups is 1. The van der Waals surface area contributed by atoms with Gasteiger partial charge in [0.25, 0.3) is 0 Å². The zero-order chi connectivity index (χ0) is 16.2. The molecule has 4 nitrogen and oxygen atoms in total. The Kier molecular flexibility index (Phi) is 4.96. The summed E-state index contributed by atoms with van der Waals surface area (Å²) >= 11 is 5.83. The van der Waals surface area contributed by atoms with Crippen LogP contribution in [0.15, 0.2) is 48.5 Å². The van der Waals surface area contributed by atoms with Gasteiger partial charge in [-0.25, -0.2) is 0 Å². The van der Waals surface area contributed by atoms with Crippen molar-refractivity contribution >= 4 is 17.5 Å². The number of rotatable bonds is 4. The molecule has 0 saturated carbocycles. The first-order valence-electron chi connectivity index (χ1n) is 7.67. The van der Waals surface area contributed by atoms with Crippen LogP contribution in [0.1, 0.15) is 28.8 Å². The van der Waals surface area contributed by atoms with E-state index in [-0.39, 0.29) is 18.5 Å². The van der Waals surface area contributed by atoms with Gasteiger partial charge in [0.05, 0.1) is 6.10 Å². The van der Waals surface area contributed by atoms with Crippen molar-refractivity contribution in [1.29, 1.82) is 0 Å². The van der Waals surface area contributed by atoms with Gasteiger partial charge in [0.15, 0.2) is 0 Å². The molecule has 5 heteroatoms. The lowest BCUT2D eigenvalue weighted by Crippen LogP contribution is -2.42. The van der Waals surface area contributed by atoms with Crippen molar-refractivity contribution in [2.75, 3.05) is 13.1 Å². The fourth-order valence-electron chi connectivity index (χ4n) is 2.84. The first kappa shape index (κ1) is 16.0. The summed E-state index contributed by atoms with van der Waals surface area (Å²) in [5, 5.41) is 16.9. The Labute approximate surface area is 140 Å². The molecule has 3 N–H and O–H groups in total.